The molecule has 0 heterocycles. The molecule has 126 valence electrons. The van der Waals surface area contributed by atoms with E-state index < -0.39 is 0 Å². The lowest BCUT2D eigenvalue weighted by molar-refractivity contribution is 0.112. The second kappa shape index (κ2) is 9.92. The summed E-state index contributed by atoms with van der Waals surface area (Å²) in [7, 11) is 0. The third kappa shape index (κ3) is 6.14. The molecule has 0 radical (unpaired) electrons. The number of allylic oxidation sites excluding steroid dienone is 3. The molecule has 0 saturated carbocycles. The highest BCUT2D eigenvalue weighted by Crippen LogP contribution is 2.19. The van der Waals surface area contributed by atoms with Crippen LogP contribution >= 0.6 is 0 Å². The zero-order chi connectivity index (χ0) is 17.9. The molecular formula is C23H23NO. The van der Waals surface area contributed by atoms with Gasteiger partial charge in [0.05, 0.1) is 0 Å². The second-order valence-corrected chi connectivity index (χ2v) is 5.80. The molecule has 0 aliphatic rings. The van der Waals surface area contributed by atoms with Gasteiger partial charge in [-0.15, -0.1) is 5.73 Å². The molecule has 2 aromatic rings. The van der Waals surface area contributed by atoms with Crippen LogP contribution in [-0.2, 0) is 6.54 Å². The lowest BCUT2D eigenvalue weighted by atomic mass is 10.1. The first-order chi connectivity index (χ1) is 12.2. The van der Waals surface area contributed by atoms with Crippen molar-refractivity contribution in [2.24, 2.45) is 0 Å². The molecule has 25 heavy (non-hydrogen) atoms. The van der Waals surface area contributed by atoms with Gasteiger partial charge in [0, 0.05) is 24.3 Å². The molecule has 0 aliphatic heterocycles. The SMILES string of the molecule is C=CC=C=C/C=C(\C)CN(Cc1ccccc1)c1ccc(C=O)cc1. The molecule has 0 fully saturated rings. The van der Waals surface area contributed by atoms with Crippen LogP contribution < -0.4 is 4.90 Å². The van der Waals surface area contributed by atoms with Gasteiger partial charge in [-0.3, -0.25) is 4.79 Å². The van der Waals surface area contributed by atoms with E-state index in [9.17, 15) is 4.79 Å². The van der Waals surface area contributed by atoms with Crippen molar-refractivity contribution in [3.63, 3.8) is 0 Å². The van der Waals surface area contributed by atoms with Crippen LogP contribution in [0.1, 0.15) is 22.8 Å². The topological polar surface area (TPSA) is 20.3 Å². The Balaban J connectivity index is 2.22. The predicted molar refractivity (Wildman–Crippen MR) is 106 cm³/mol. The maximum atomic E-state index is 10.9. The van der Waals surface area contributed by atoms with Gasteiger partial charge in [0.1, 0.15) is 6.29 Å². The Hall–Kier alpha value is -3.09. The summed E-state index contributed by atoms with van der Waals surface area (Å²) in [5.74, 6) is 0. The number of hydrogen-bond donors (Lipinski definition) is 0. The third-order valence-corrected chi connectivity index (χ3v) is 3.73. The molecule has 0 aliphatic carbocycles. The van der Waals surface area contributed by atoms with Crippen molar-refractivity contribution in [1.82, 2.24) is 0 Å². The van der Waals surface area contributed by atoms with Gasteiger partial charge in [0.15, 0.2) is 0 Å². The summed E-state index contributed by atoms with van der Waals surface area (Å²) in [6.07, 6.45) is 8.30. The van der Waals surface area contributed by atoms with Crippen LogP contribution in [-0.4, -0.2) is 12.8 Å². The molecule has 0 amide bonds. The van der Waals surface area contributed by atoms with E-state index in [0.717, 1.165) is 25.1 Å². The van der Waals surface area contributed by atoms with Crippen molar-refractivity contribution in [3.05, 3.63) is 108 Å². The summed E-state index contributed by atoms with van der Waals surface area (Å²) in [6.45, 7) is 7.33. The summed E-state index contributed by atoms with van der Waals surface area (Å²) >= 11 is 0. The lowest BCUT2D eigenvalue weighted by Gasteiger charge is -2.25. The van der Waals surface area contributed by atoms with Crippen LogP contribution in [0.5, 0.6) is 0 Å². The number of nitrogens with zero attached hydrogens (tertiary/aromatic N) is 1. The first-order valence-electron chi connectivity index (χ1n) is 8.26. The van der Waals surface area contributed by atoms with Crippen molar-refractivity contribution in [2.45, 2.75) is 13.5 Å². The Morgan fingerprint density at radius 1 is 1.08 bits per heavy atom. The molecule has 2 rings (SSSR count). The summed E-state index contributed by atoms with van der Waals surface area (Å²) in [4.78, 5) is 13.2. The van der Waals surface area contributed by atoms with Crippen LogP contribution in [0.3, 0.4) is 0 Å². The average molecular weight is 329 g/mol. The van der Waals surface area contributed by atoms with Crippen LogP contribution in [0.25, 0.3) is 0 Å². The number of carbonyl (C=O) groups excluding carboxylic acids is 1. The average Bonchev–Trinajstić information content (AvgIpc) is 2.66. The minimum Gasteiger partial charge on any atom is -0.363 e. The predicted octanol–water partition coefficient (Wildman–Crippen LogP) is 5.35. The van der Waals surface area contributed by atoms with Crippen molar-refractivity contribution in [1.29, 1.82) is 0 Å². The fraction of sp³-hybridized carbons (Fsp3) is 0.130. The summed E-state index contributed by atoms with van der Waals surface area (Å²) in [6, 6.07) is 18.1. The fourth-order valence-corrected chi connectivity index (χ4v) is 2.47. The van der Waals surface area contributed by atoms with Gasteiger partial charge in [-0.1, -0.05) is 54.6 Å². The molecular weight excluding hydrogens is 306 g/mol. The van der Waals surface area contributed by atoms with Crippen molar-refractivity contribution >= 4 is 12.0 Å². The Labute approximate surface area is 150 Å². The molecule has 2 aromatic carbocycles. The lowest BCUT2D eigenvalue weighted by Crippen LogP contribution is -2.24. The van der Waals surface area contributed by atoms with Gasteiger partial charge < -0.3 is 4.90 Å². The number of aldehydes is 1. The van der Waals surface area contributed by atoms with Crippen LogP contribution in [0.2, 0.25) is 0 Å². The minimum atomic E-state index is 0.688. The first kappa shape index (κ1) is 18.3. The van der Waals surface area contributed by atoms with E-state index in [2.05, 4.69) is 54.5 Å². The van der Waals surface area contributed by atoms with Crippen LogP contribution in [0.15, 0.2) is 96.8 Å². The molecule has 0 spiro atoms. The van der Waals surface area contributed by atoms with Gasteiger partial charge in [-0.05, 0) is 48.9 Å². The highest BCUT2D eigenvalue weighted by atomic mass is 16.1. The third-order valence-electron chi connectivity index (χ3n) is 3.73. The summed E-state index contributed by atoms with van der Waals surface area (Å²) in [5.41, 5.74) is 7.29. The van der Waals surface area contributed by atoms with Crippen LogP contribution in [0.4, 0.5) is 5.69 Å². The van der Waals surface area contributed by atoms with Gasteiger partial charge in [0.25, 0.3) is 0 Å². The zero-order valence-corrected chi connectivity index (χ0v) is 14.6. The number of benzene rings is 2. The fourth-order valence-electron chi connectivity index (χ4n) is 2.47. The smallest absolute Gasteiger partial charge is 0.150 e. The zero-order valence-electron chi connectivity index (χ0n) is 14.6. The highest BCUT2D eigenvalue weighted by Gasteiger charge is 2.08. The molecule has 0 N–H and O–H groups in total. The van der Waals surface area contributed by atoms with Gasteiger partial charge >= 0.3 is 0 Å². The van der Waals surface area contributed by atoms with E-state index in [1.807, 2.05) is 36.4 Å². The van der Waals surface area contributed by atoms with E-state index >= 15 is 0 Å². The van der Waals surface area contributed by atoms with E-state index in [-0.39, 0.29) is 0 Å². The van der Waals surface area contributed by atoms with Crippen LogP contribution in [0, 0.1) is 0 Å². The molecule has 2 heteroatoms. The quantitative estimate of drug-likeness (QED) is 0.370. The van der Waals surface area contributed by atoms with Gasteiger partial charge in [0.2, 0.25) is 0 Å². The second-order valence-electron chi connectivity index (χ2n) is 5.80. The maximum absolute atomic E-state index is 10.9. The van der Waals surface area contributed by atoms with E-state index in [1.54, 1.807) is 12.2 Å². The molecule has 0 saturated heterocycles. The number of rotatable bonds is 8. The first-order valence-corrected chi connectivity index (χ1v) is 8.26. The van der Waals surface area contributed by atoms with Crippen molar-refractivity contribution in [3.8, 4) is 0 Å². The molecule has 2 nitrogen and oxygen atoms in total. The maximum Gasteiger partial charge on any atom is 0.150 e. The van der Waals surface area contributed by atoms with Crippen molar-refractivity contribution in [2.75, 3.05) is 11.4 Å². The molecule has 0 aromatic heterocycles. The Morgan fingerprint density at radius 2 is 1.80 bits per heavy atom. The minimum absolute atomic E-state index is 0.688. The monoisotopic (exact) mass is 329 g/mol. The Kier molecular flexibility index (Phi) is 7.24. The summed E-state index contributed by atoms with van der Waals surface area (Å²) < 4.78 is 0. The largest absolute Gasteiger partial charge is 0.363 e. The number of carbonyl (C=O) groups is 1. The highest BCUT2D eigenvalue weighted by molar-refractivity contribution is 5.75. The summed E-state index contributed by atoms with van der Waals surface area (Å²) in [5, 5.41) is 0. The Morgan fingerprint density at radius 3 is 2.44 bits per heavy atom. The standard InChI is InChI=1S/C23H23NO/c1-3-4-5-7-10-20(2)17-24(18-21-11-8-6-9-12-21)23-15-13-22(19-25)14-16-23/h3-4,6-16,19H,1,17-18H2,2H3/b20-10+. The number of hydrogen-bond acceptors (Lipinski definition) is 2. The normalized spacial score (nSPS) is 10.5. The van der Waals surface area contributed by atoms with E-state index in [1.165, 1.54) is 11.1 Å². The van der Waals surface area contributed by atoms with E-state index in [4.69, 9.17) is 0 Å². The van der Waals surface area contributed by atoms with Gasteiger partial charge in [-0.2, -0.15) is 0 Å². The molecule has 0 unspecified atom stereocenters. The van der Waals surface area contributed by atoms with Gasteiger partial charge in [-0.25, -0.2) is 0 Å². The molecule has 0 bridgehead atoms. The number of anilines is 1. The Bertz CT molecular complexity index is 779. The van der Waals surface area contributed by atoms with Crippen molar-refractivity contribution < 1.29 is 4.79 Å². The van der Waals surface area contributed by atoms with E-state index in [0.29, 0.717) is 5.56 Å². The molecule has 0 atom stereocenters.